The maximum absolute atomic E-state index is 13.1. The van der Waals surface area contributed by atoms with Gasteiger partial charge in [-0.05, 0) is 36.8 Å². The summed E-state index contributed by atoms with van der Waals surface area (Å²) in [5.41, 5.74) is -2.55. The fraction of sp³-hybridized carbons (Fsp3) is 0.118. The Morgan fingerprint density at radius 3 is 2.10 bits per heavy atom. The summed E-state index contributed by atoms with van der Waals surface area (Å²) in [6.45, 7) is 1.59. The zero-order chi connectivity index (χ0) is 21.7. The van der Waals surface area contributed by atoms with Crippen molar-refractivity contribution in [2.75, 3.05) is 0 Å². The Bertz CT molecular complexity index is 1410. The van der Waals surface area contributed by atoms with Gasteiger partial charge in [0.05, 0.1) is 20.6 Å². The topological polar surface area (TPSA) is 111 Å². The van der Waals surface area contributed by atoms with Gasteiger partial charge < -0.3 is 0 Å². The van der Waals surface area contributed by atoms with Crippen molar-refractivity contribution in [1.82, 2.24) is 14.1 Å². The number of aryl methyl sites for hydroxylation is 1. The van der Waals surface area contributed by atoms with E-state index in [2.05, 4.69) is 0 Å². The van der Waals surface area contributed by atoms with Crippen LogP contribution in [0.2, 0.25) is 15.1 Å². The van der Waals surface area contributed by atoms with Crippen LogP contribution in [-0.4, -0.2) is 22.5 Å². The van der Waals surface area contributed by atoms with E-state index in [9.17, 15) is 22.8 Å². The third-order valence-electron chi connectivity index (χ3n) is 4.15. The summed E-state index contributed by atoms with van der Waals surface area (Å²) in [7, 11) is -3.00. The molecule has 0 spiro atoms. The van der Waals surface area contributed by atoms with Crippen LogP contribution >= 0.6 is 34.8 Å². The van der Waals surface area contributed by atoms with Gasteiger partial charge in [0.25, 0.3) is 0 Å². The largest absolute Gasteiger partial charge is 0.340 e. The second-order valence-electron chi connectivity index (χ2n) is 6.06. The third-order valence-corrected chi connectivity index (χ3v) is 7.20. The summed E-state index contributed by atoms with van der Waals surface area (Å²) in [6, 6.07) is 6.55. The average molecular weight is 477 g/mol. The number of H-pyrrole nitrogens is 1. The highest BCUT2D eigenvalue weighted by atomic mass is 35.5. The van der Waals surface area contributed by atoms with Gasteiger partial charge in [0.1, 0.15) is 4.90 Å². The number of aromatic amines is 1. The number of rotatable bonds is 3. The number of hydrogen-bond donors (Lipinski definition) is 1. The van der Waals surface area contributed by atoms with Crippen molar-refractivity contribution in [1.29, 1.82) is 0 Å². The molecule has 0 bridgehead atoms. The van der Waals surface area contributed by atoms with Crippen molar-refractivity contribution in [2.24, 2.45) is 7.05 Å². The van der Waals surface area contributed by atoms with Gasteiger partial charge >= 0.3 is 17.1 Å². The SMILES string of the molecule is Cc1ccc(Cl)cc1S(=O)(=O)c1c(Cl)cc(-n2c(=O)[nH]c(=O)n(C)c2=O)cc1Cl. The lowest BCUT2D eigenvalue weighted by atomic mass is 10.2. The van der Waals surface area contributed by atoms with Crippen molar-refractivity contribution in [2.45, 2.75) is 16.7 Å². The lowest BCUT2D eigenvalue weighted by molar-refractivity contribution is 0.595. The number of hydrogen-bond acceptors (Lipinski definition) is 5. The average Bonchev–Trinajstić information content (AvgIpc) is 2.61. The van der Waals surface area contributed by atoms with E-state index in [4.69, 9.17) is 34.8 Å². The van der Waals surface area contributed by atoms with E-state index >= 15 is 0 Å². The highest BCUT2D eigenvalue weighted by molar-refractivity contribution is 7.91. The maximum atomic E-state index is 13.1. The second kappa shape index (κ2) is 7.49. The van der Waals surface area contributed by atoms with Crippen molar-refractivity contribution < 1.29 is 8.42 Å². The molecule has 0 aliphatic carbocycles. The summed E-state index contributed by atoms with van der Waals surface area (Å²) in [6.07, 6.45) is 0. The summed E-state index contributed by atoms with van der Waals surface area (Å²) < 4.78 is 27.5. The Kier molecular flexibility index (Phi) is 5.52. The van der Waals surface area contributed by atoms with Gasteiger partial charge in [-0.1, -0.05) is 40.9 Å². The van der Waals surface area contributed by atoms with Gasteiger partial charge in [-0.25, -0.2) is 31.9 Å². The van der Waals surface area contributed by atoms with Crippen molar-refractivity contribution >= 4 is 44.6 Å². The molecule has 12 heteroatoms. The number of benzene rings is 2. The molecular formula is C17H12Cl3N3O5S. The molecule has 0 aliphatic heterocycles. The first kappa shape index (κ1) is 21.4. The van der Waals surface area contributed by atoms with E-state index in [1.807, 2.05) is 4.98 Å². The monoisotopic (exact) mass is 475 g/mol. The summed E-state index contributed by atoms with van der Waals surface area (Å²) in [5, 5.41) is -0.416. The van der Waals surface area contributed by atoms with Gasteiger partial charge in [0.2, 0.25) is 9.84 Å². The lowest BCUT2D eigenvalue weighted by Crippen LogP contribution is -2.47. The molecule has 1 aromatic heterocycles. The molecule has 0 aliphatic rings. The van der Waals surface area contributed by atoms with Crippen molar-refractivity contribution in [3.8, 4) is 5.69 Å². The molecule has 0 amide bonds. The van der Waals surface area contributed by atoms with Gasteiger partial charge in [-0.3, -0.25) is 4.98 Å². The number of aromatic nitrogens is 3. The quantitative estimate of drug-likeness (QED) is 0.624. The van der Waals surface area contributed by atoms with Crippen molar-refractivity contribution in [3.05, 3.63) is 82.4 Å². The molecule has 3 aromatic rings. The summed E-state index contributed by atoms with van der Waals surface area (Å²) in [4.78, 5) is 37.4. The van der Waals surface area contributed by atoms with E-state index < -0.39 is 31.8 Å². The Morgan fingerprint density at radius 1 is 0.931 bits per heavy atom. The Balaban J connectivity index is 2.29. The van der Waals surface area contributed by atoms with Gasteiger partial charge in [-0.15, -0.1) is 0 Å². The Hall–Kier alpha value is -2.33. The minimum absolute atomic E-state index is 0.0846. The van der Waals surface area contributed by atoms with E-state index in [0.717, 1.165) is 12.1 Å². The van der Waals surface area contributed by atoms with Crippen LogP contribution in [0.4, 0.5) is 0 Å². The van der Waals surface area contributed by atoms with Gasteiger partial charge in [0, 0.05) is 12.1 Å². The minimum Gasteiger partial charge on any atom is -0.258 e. The van der Waals surface area contributed by atoms with Gasteiger partial charge in [0.15, 0.2) is 0 Å². The van der Waals surface area contributed by atoms with Crippen LogP contribution in [0.25, 0.3) is 5.69 Å². The number of nitrogens with zero attached hydrogens (tertiary/aromatic N) is 2. The van der Waals surface area contributed by atoms with E-state index in [-0.39, 0.29) is 25.7 Å². The molecule has 2 aromatic carbocycles. The maximum Gasteiger partial charge on any atom is 0.340 e. The fourth-order valence-corrected chi connectivity index (χ4v) is 5.64. The van der Waals surface area contributed by atoms with Crippen LogP contribution in [0, 0.1) is 6.92 Å². The molecule has 29 heavy (non-hydrogen) atoms. The zero-order valence-corrected chi connectivity index (χ0v) is 17.9. The molecule has 0 atom stereocenters. The van der Waals surface area contributed by atoms with Crippen LogP contribution in [-0.2, 0) is 16.9 Å². The second-order valence-corrected chi connectivity index (χ2v) is 9.17. The number of sulfone groups is 1. The van der Waals surface area contributed by atoms with E-state index in [1.54, 1.807) is 13.0 Å². The first-order chi connectivity index (χ1) is 13.4. The van der Waals surface area contributed by atoms with E-state index in [1.165, 1.54) is 19.2 Å². The smallest absolute Gasteiger partial charge is 0.258 e. The Labute approximate surface area is 178 Å². The molecule has 3 rings (SSSR count). The first-order valence-electron chi connectivity index (χ1n) is 7.88. The Morgan fingerprint density at radius 2 is 1.52 bits per heavy atom. The number of halogens is 3. The van der Waals surface area contributed by atoms with Crippen LogP contribution < -0.4 is 17.1 Å². The van der Waals surface area contributed by atoms with Crippen LogP contribution in [0.3, 0.4) is 0 Å². The van der Waals surface area contributed by atoms with Gasteiger partial charge in [-0.2, -0.15) is 0 Å². The molecule has 0 radical (unpaired) electrons. The van der Waals surface area contributed by atoms with Crippen LogP contribution in [0.5, 0.6) is 0 Å². The summed E-state index contributed by atoms with van der Waals surface area (Å²) >= 11 is 18.3. The summed E-state index contributed by atoms with van der Waals surface area (Å²) in [5.74, 6) is 0. The molecule has 152 valence electrons. The first-order valence-corrected chi connectivity index (χ1v) is 10.5. The third kappa shape index (κ3) is 3.66. The molecule has 1 N–H and O–H groups in total. The predicted octanol–water partition coefficient (Wildman–Crippen LogP) is 2.33. The normalized spacial score (nSPS) is 11.6. The van der Waals surface area contributed by atoms with Crippen molar-refractivity contribution in [3.63, 3.8) is 0 Å². The molecule has 0 fully saturated rings. The minimum atomic E-state index is -4.16. The van der Waals surface area contributed by atoms with E-state index in [0.29, 0.717) is 14.7 Å². The molecule has 8 nitrogen and oxygen atoms in total. The number of nitrogens with one attached hydrogen (secondary N) is 1. The molecule has 0 saturated carbocycles. The van der Waals surface area contributed by atoms with Crippen LogP contribution in [0.15, 0.2) is 54.5 Å². The molecule has 1 heterocycles. The highest BCUT2D eigenvalue weighted by Crippen LogP contribution is 2.37. The standard InChI is InChI=1S/C17H12Cl3N3O5S/c1-8-3-4-9(18)5-13(8)29(27,28)14-11(19)6-10(7-12(14)20)23-16(25)21-15(24)22(2)17(23)26/h3-7H,1-2H3,(H,21,24,25). The molecular weight excluding hydrogens is 465 g/mol. The fourth-order valence-electron chi connectivity index (χ4n) is 2.69. The zero-order valence-electron chi connectivity index (χ0n) is 14.9. The molecule has 0 saturated heterocycles. The predicted molar refractivity (Wildman–Crippen MR) is 110 cm³/mol. The van der Waals surface area contributed by atoms with Crippen LogP contribution in [0.1, 0.15) is 5.56 Å². The highest BCUT2D eigenvalue weighted by Gasteiger charge is 2.27. The molecule has 0 unspecified atom stereocenters. The lowest BCUT2D eigenvalue weighted by Gasteiger charge is -2.14.